The molecule has 0 saturated heterocycles. The summed E-state index contributed by atoms with van der Waals surface area (Å²) in [6.45, 7) is 5.78. The second-order valence-electron chi connectivity index (χ2n) is 4.63. The van der Waals surface area contributed by atoms with Gasteiger partial charge in [0.1, 0.15) is 0 Å². The Bertz CT molecular complexity index is 448. The molecule has 1 N–H and O–H groups in total. The molecule has 0 spiro atoms. The molecule has 2 atom stereocenters. The molecule has 1 aromatic rings. The first kappa shape index (κ1) is 16.5. The lowest BCUT2D eigenvalue weighted by Crippen LogP contribution is -2.29. The van der Waals surface area contributed by atoms with E-state index in [4.69, 9.17) is 16.3 Å². The molecule has 0 heterocycles. The zero-order valence-electron chi connectivity index (χ0n) is 11.2. The third-order valence-electron chi connectivity index (χ3n) is 2.90. The average molecular weight is 350 g/mol. The second-order valence-corrected chi connectivity index (χ2v) is 5.96. The summed E-state index contributed by atoms with van der Waals surface area (Å²) < 4.78 is 5.84. The SMILES string of the molecule is CCOC(=O)C(C(C)C)C(O)c1ccc(Br)cc1Cl. The summed E-state index contributed by atoms with van der Waals surface area (Å²) in [7, 11) is 0. The highest BCUT2D eigenvalue weighted by atomic mass is 79.9. The largest absolute Gasteiger partial charge is 0.466 e. The fraction of sp³-hybridized carbons (Fsp3) is 0.500. The molecule has 5 heteroatoms. The maximum absolute atomic E-state index is 11.9. The van der Waals surface area contributed by atoms with Crippen LogP contribution in [0.25, 0.3) is 0 Å². The number of benzene rings is 1. The topological polar surface area (TPSA) is 46.5 Å². The van der Waals surface area contributed by atoms with Crippen molar-refractivity contribution in [2.24, 2.45) is 11.8 Å². The lowest BCUT2D eigenvalue weighted by molar-refractivity contribution is -0.154. The average Bonchev–Trinajstić information content (AvgIpc) is 2.28. The van der Waals surface area contributed by atoms with Gasteiger partial charge in [-0.1, -0.05) is 47.4 Å². The van der Waals surface area contributed by atoms with Crippen LogP contribution in [0.3, 0.4) is 0 Å². The van der Waals surface area contributed by atoms with Crippen molar-refractivity contribution in [1.29, 1.82) is 0 Å². The van der Waals surface area contributed by atoms with E-state index in [0.29, 0.717) is 17.2 Å². The maximum Gasteiger partial charge on any atom is 0.312 e. The van der Waals surface area contributed by atoms with E-state index >= 15 is 0 Å². The molecule has 0 fully saturated rings. The Balaban J connectivity index is 3.05. The van der Waals surface area contributed by atoms with Crippen molar-refractivity contribution in [3.63, 3.8) is 0 Å². The van der Waals surface area contributed by atoms with Crippen molar-refractivity contribution < 1.29 is 14.6 Å². The lowest BCUT2D eigenvalue weighted by Gasteiger charge is -2.25. The molecule has 19 heavy (non-hydrogen) atoms. The summed E-state index contributed by atoms with van der Waals surface area (Å²) >= 11 is 9.42. The second kappa shape index (κ2) is 7.27. The molecule has 0 bridgehead atoms. The number of hydrogen-bond donors (Lipinski definition) is 1. The number of ether oxygens (including phenoxy) is 1. The van der Waals surface area contributed by atoms with E-state index in [1.165, 1.54) is 0 Å². The van der Waals surface area contributed by atoms with E-state index in [1.54, 1.807) is 25.1 Å². The van der Waals surface area contributed by atoms with Crippen molar-refractivity contribution in [1.82, 2.24) is 0 Å². The Kier molecular flexibility index (Phi) is 6.30. The monoisotopic (exact) mass is 348 g/mol. The predicted molar refractivity (Wildman–Crippen MR) is 79.1 cm³/mol. The minimum Gasteiger partial charge on any atom is -0.466 e. The van der Waals surface area contributed by atoms with Gasteiger partial charge in [0.15, 0.2) is 0 Å². The fourth-order valence-electron chi connectivity index (χ4n) is 1.94. The molecular weight excluding hydrogens is 332 g/mol. The van der Waals surface area contributed by atoms with Crippen molar-refractivity contribution in [2.75, 3.05) is 6.61 Å². The number of halogens is 2. The third kappa shape index (κ3) is 4.20. The molecule has 0 aliphatic carbocycles. The number of aliphatic hydroxyl groups is 1. The summed E-state index contributed by atoms with van der Waals surface area (Å²) in [5, 5.41) is 10.8. The van der Waals surface area contributed by atoms with Crippen LogP contribution in [0.1, 0.15) is 32.4 Å². The standard InChI is InChI=1S/C14H18BrClO3/c1-4-19-14(18)12(8(2)3)13(17)10-6-5-9(15)7-11(10)16/h5-8,12-13,17H,4H2,1-3H3. The Morgan fingerprint density at radius 3 is 2.58 bits per heavy atom. The van der Waals surface area contributed by atoms with Crippen LogP contribution in [0.2, 0.25) is 5.02 Å². The van der Waals surface area contributed by atoms with Crippen LogP contribution >= 0.6 is 27.5 Å². The molecule has 0 aliphatic rings. The molecule has 1 aromatic carbocycles. The van der Waals surface area contributed by atoms with E-state index in [9.17, 15) is 9.90 Å². The van der Waals surface area contributed by atoms with Gasteiger partial charge in [-0.15, -0.1) is 0 Å². The summed E-state index contributed by atoms with van der Waals surface area (Å²) in [5.41, 5.74) is 0.539. The van der Waals surface area contributed by atoms with Gasteiger partial charge in [0, 0.05) is 15.1 Å². The van der Waals surface area contributed by atoms with Gasteiger partial charge < -0.3 is 9.84 Å². The molecule has 0 radical (unpaired) electrons. The first-order chi connectivity index (χ1) is 8.88. The molecular formula is C14H18BrClO3. The number of carbonyl (C=O) groups excluding carboxylic acids is 1. The molecule has 0 aromatic heterocycles. The molecule has 3 nitrogen and oxygen atoms in total. The minimum absolute atomic E-state index is 0.0474. The van der Waals surface area contributed by atoms with Crippen LogP contribution in [-0.2, 0) is 9.53 Å². The minimum atomic E-state index is -0.973. The van der Waals surface area contributed by atoms with Crippen molar-refractivity contribution in [3.05, 3.63) is 33.3 Å². The van der Waals surface area contributed by atoms with Crippen molar-refractivity contribution in [3.8, 4) is 0 Å². The van der Waals surface area contributed by atoms with E-state index in [1.807, 2.05) is 13.8 Å². The summed E-state index contributed by atoms with van der Waals surface area (Å²) in [4.78, 5) is 11.9. The highest BCUT2D eigenvalue weighted by Gasteiger charge is 2.33. The highest BCUT2D eigenvalue weighted by Crippen LogP contribution is 2.34. The molecule has 1 rings (SSSR count). The summed E-state index contributed by atoms with van der Waals surface area (Å²) in [5.74, 6) is -1.07. The van der Waals surface area contributed by atoms with Gasteiger partial charge >= 0.3 is 5.97 Å². The Labute approximate surface area is 127 Å². The van der Waals surface area contributed by atoms with E-state index < -0.39 is 18.0 Å². The van der Waals surface area contributed by atoms with E-state index in [0.717, 1.165) is 4.47 Å². The number of rotatable bonds is 5. The molecule has 2 unspecified atom stereocenters. The molecule has 0 amide bonds. The fourth-order valence-corrected chi connectivity index (χ4v) is 2.72. The zero-order valence-corrected chi connectivity index (χ0v) is 13.5. The van der Waals surface area contributed by atoms with Gasteiger partial charge in [0.25, 0.3) is 0 Å². The van der Waals surface area contributed by atoms with Gasteiger partial charge in [-0.2, -0.15) is 0 Å². The van der Waals surface area contributed by atoms with E-state index in [2.05, 4.69) is 15.9 Å². The Hall–Kier alpha value is -0.580. The zero-order chi connectivity index (χ0) is 14.6. The summed E-state index contributed by atoms with van der Waals surface area (Å²) in [6.07, 6.45) is -0.973. The predicted octanol–water partition coefficient (Wildman–Crippen LogP) is 3.97. The first-order valence-electron chi connectivity index (χ1n) is 6.18. The van der Waals surface area contributed by atoms with Gasteiger partial charge in [-0.25, -0.2) is 0 Å². The van der Waals surface area contributed by atoms with Gasteiger partial charge in [-0.3, -0.25) is 4.79 Å². The van der Waals surface area contributed by atoms with Crippen LogP contribution in [0.5, 0.6) is 0 Å². The maximum atomic E-state index is 11.9. The van der Waals surface area contributed by atoms with Crippen LogP contribution in [0, 0.1) is 11.8 Å². The van der Waals surface area contributed by atoms with Crippen molar-refractivity contribution >= 4 is 33.5 Å². The Morgan fingerprint density at radius 1 is 1.47 bits per heavy atom. The normalized spacial score (nSPS) is 14.3. The lowest BCUT2D eigenvalue weighted by atomic mass is 9.86. The van der Waals surface area contributed by atoms with E-state index in [-0.39, 0.29) is 5.92 Å². The third-order valence-corrected chi connectivity index (χ3v) is 3.72. The quantitative estimate of drug-likeness (QED) is 0.818. The highest BCUT2D eigenvalue weighted by molar-refractivity contribution is 9.10. The molecule has 0 saturated carbocycles. The Morgan fingerprint density at radius 2 is 2.11 bits per heavy atom. The first-order valence-corrected chi connectivity index (χ1v) is 7.35. The molecule has 106 valence electrons. The van der Waals surface area contributed by atoms with Crippen LogP contribution in [-0.4, -0.2) is 17.7 Å². The number of esters is 1. The van der Waals surface area contributed by atoms with Gasteiger partial charge in [0.2, 0.25) is 0 Å². The van der Waals surface area contributed by atoms with Gasteiger partial charge in [0.05, 0.1) is 18.6 Å². The van der Waals surface area contributed by atoms with Crippen LogP contribution in [0.15, 0.2) is 22.7 Å². The van der Waals surface area contributed by atoms with Crippen LogP contribution in [0.4, 0.5) is 0 Å². The number of aliphatic hydroxyl groups excluding tert-OH is 1. The van der Waals surface area contributed by atoms with Crippen LogP contribution < -0.4 is 0 Å². The summed E-state index contributed by atoms with van der Waals surface area (Å²) in [6, 6.07) is 5.20. The van der Waals surface area contributed by atoms with Crippen molar-refractivity contribution in [2.45, 2.75) is 26.9 Å². The smallest absolute Gasteiger partial charge is 0.312 e. The molecule has 0 aliphatic heterocycles. The van der Waals surface area contributed by atoms with Gasteiger partial charge in [-0.05, 0) is 25.0 Å². The number of carbonyl (C=O) groups is 1. The number of hydrogen-bond acceptors (Lipinski definition) is 3.